The van der Waals surface area contributed by atoms with Crippen molar-refractivity contribution in [2.75, 3.05) is 6.54 Å². The van der Waals surface area contributed by atoms with E-state index in [-0.39, 0.29) is 5.41 Å². The third kappa shape index (κ3) is 3.51. The van der Waals surface area contributed by atoms with Crippen molar-refractivity contribution in [3.8, 4) is 0 Å². The van der Waals surface area contributed by atoms with E-state index in [1.165, 1.54) is 38.6 Å². The molecule has 3 heterocycles. The Morgan fingerprint density at radius 2 is 2.07 bits per heavy atom. The Kier molecular flexibility index (Phi) is 5.56. The van der Waals surface area contributed by atoms with Crippen molar-refractivity contribution in [3.05, 3.63) is 17.0 Å². The van der Waals surface area contributed by atoms with Crippen molar-refractivity contribution in [2.24, 2.45) is 17.3 Å². The first-order valence-electron chi connectivity index (χ1n) is 11.4. The highest BCUT2D eigenvalue weighted by Crippen LogP contribution is 2.53. The molecule has 5 heteroatoms. The Bertz CT molecular complexity index is 688. The van der Waals surface area contributed by atoms with E-state index in [4.69, 9.17) is 0 Å². The van der Waals surface area contributed by atoms with Crippen LogP contribution in [0, 0.1) is 31.1 Å². The van der Waals surface area contributed by atoms with Gasteiger partial charge in [-0.2, -0.15) is 5.10 Å². The first-order valence-corrected chi connectivity index (χ1v) is 11.4. The van der Waals surface area contributed by atoms with Crippen molar-refractivity contribution in [2.45, 2.75) is 97.7 Å². The van der Waals surface area contributed by atoms with Crippen LogP contribution in [0.25, 0.3) is 0 Å². The van der Waals surface area contributed by atoms with Gasteiger partial charge in [0.25, 0.3) is 0 Å². The number of nitrogens with one attached hydrogen (secondary N) is 2. The smallest absolute Gasteiger partial charge is 0.228 e. The number of fused-ring (bicyclic) bond motifs is 2. The molecule has 4 rings (SSSR count). The number of aromatic amines is 1. The summed E-state index contributed by atoms with van der Waals surface area (Å²) in [6.07, 6.45) is 9.89. The molecule has 1 saturated carbocycles. The minimum Gasteiger partial charge on any atom is -0.351 e. The van der Waals surface area contributed by atoms with Gasteiger partial charge in [-0.3, -0.25) is 14.8 Å². The molecule has 2 N–H and O–H groups in total. The summed E-state index contributed by atoms with van der Waals surface area (Å²) in [5.74, 6) is 1.81. The molecule has 28 heavy (non-hydrogen) atoms. The normalized spacial score (nSPS) is 30.2. The summed E-state index contributed by atoms with van der Waals surface area (Å²) < 4.78 is 0. The van der Waals surface area contributed by atoms with Gasteiger partial charge in [0.1, 0.15) is 0 Å². The number of H-pyrrole nitrogens is 1. The van der Waals surface area contributed by atoms with Gasteiger partial charge in [-0.25, -0.2) is 0 Å². The van der Waals surface area contributed by atoms with Crippen molar-refractivity contribution in [3.63, 3.8) is 0 Å². The van der Waals surface area contributed by atoms with Gasteiger partial charge in [-0.05, 0) is 70.6 Å². The second-order valence-corrected chi connectivity index (χ2v) is 10.1. The minimum atomic E-state index is -0.192. The molecule has 3 atom stereocenters. The minimum absolute atomic E-state index is 0.192. The molecule has 2 bridgehead atoms. The SMILES string of the molecule is Cc1n[nH]c(C)c1CNC(=O)[C@@]1(CCC(C)C)C[C@H]2CC[C@@H]1N2CC1CCC1. The molecule has 3 fully saturated rings. The summed E-state index contributed by atoms with van der Waals surface area (Å²) in [6, 6.07) is 1.07. The maximum absolute atomic E-state index is 13.6. The van der Waals surface area contributed by atoms with Crippen molar-refractivity contribution in [1.29, 1.82) is 0 Å². The topological polar surface area (TPSA) is 61.0 Å². The van der Waals surface area contributed by atoms with Crippen molar-refractivity contribution in [1.82, 2.24) is 20.4 Å². The number of hydrogen-bond acceptors (Lipinski definition) is 3. The number of rotatable bonds is 8. The molecule has 1 aromatic heterocycles. The predicted molar refractivity (Wildman–Crippen MR) is 112 cm³/mol. The van der Waals surface area contributed by atoms with Gasteiger partial charge >= 0.3 is 0 Å². The number of nitrogens with zero attached hydrogens (tertiary/aromatic N) is 2. The second-order valence-electron chi connectivity index (χ2n) is 10.1. The summed E-state index contributed by atoms with van der Waals surface area (Å²) in [4.78, 5) is 16.4. The molecule has 0 unspecified atom stereocenters. The quantitative estimate of drug-likeness (QED) is 0.707. The Balaban J connectivity index is 1.50. The summed E-state index contributed by atoms with van der Waals surface area (Å²) in [5, 5.41) is 10.7. The number of carbonyl (C=O) groups excluding carboxylic acids is 1. The van der Waals surface area contributed by atoms with Crippen LogP contribution in [-0.2, 0) is 11.3 Å². The van der Waals surface area contributed by atoms with Gasteiger partial charge in [-0.1, -0.05) is 20.3 Å². The number of hydrogen-bond donors (Lipinski definition) is 2. The molecule has 0 radical (unpaired) electrons. The highest BCUT2D eigenvalue weighted by Gasteiger charge is 2.59. The van der Waals surface area contributed by atoms with Crippen LogP contribution in [0.4, 0.5) is 0 Å². The zero-order valence-electron chi connectivity index (χ0n) is 18.2. The lowest BCUT2D eigenvalue weighted by Crippen LogP contribution is -2.49. The molecule has 3 aliphatic rings. The predicted octanol–water partition coefficient (Wildman–Crippen LogP) is 4.10. The van der Waals surface area contributed by atoms with E-state index in [0.717, 1.165) is 42.1 Å². The van der Waals surface area contributed by atoms with Crippen LogP contribution in [0.3, 0.4) is 0 Å². The first kappa shape index (κ1) is 19.9. The largest absolute Gasteiger partial charge is 0.351 e. The van der Waals surface area contributed by atoms with Crippen LogP contribution in [0.2, 0.25) is 0 Å². The molecular formula is C23H38N4O. The average molecular weight is 387 g/mol. The van der Waals surface area contributed by atoms with Crippen LogP contribution >= 0.6 is 0 Å². The molecule has 156 valence electrons. The molecule has 5 nitrogen and oxygen atoms in total. The summed E-state index contributed by atoms with van der Waals surface area (Å²) in [6.45, 7) is 10.4. The van der Waals surface area contributed by atoms with Gasteiger partial charge in [0.2, 0.25) is 5.91 Å². The average Bonchev–Trinajstić information content (AvgIpc) is 3.26. The zero-order valence-corrected chi connectivity index (χ0v) is 18.2. The van der Waals surface area contributed by atoms with Crippen LogP contribution in [-0.4, -0.2) is 39.6 Å². The van der Waals surface area contributed by atoms with Crippen molar-refractivity contribution < 1.29 is 4.79 Å². The molecule has 1 aromatic rings. The van der Waals surface area contributed by atoms with E-state index in [1.54, 1.807) is 0 Å². The van der Waals surface area contributed by atoms with Crippen molar-refractivity contribution >= 4 is 5.91 Å². The van der Waals surface area contributed by atoms with Gasteiger partial charge in [0.05, 0.1) is 11.1 Å². The molecule has 0 spiro atoms. The number of amides is 1. The Hall–Kier alpha value is -1.36. The summed E-state index contributed by atoms with van der Waals surface area (Å²) in [7, 11) is 0. The van der Waals surface area contributed by atoms with Gasteiger partial charge in [0, 0.05) is 36.4 Å². The fraction of sp³-hybridized carbons (Fsp3) is 0.826. The summed E-state index contributed by atoms with van der Waals surface area (Å²) in [5.41, 5.74) is 3.01. The monoisotopic (exact) mass is 386 g/mol. The summed E-state index contributed by atoms with van der Waals surface area (Å²) >= 11 is 0. The lowest BCUT2D eigenvalue weighted by atomic mass is 9.69. The van der Waals surface area contributed by atoms with E-state index in [0.29, 0.717) is 30.5 Å². The third-order valence-corrected chi connectivity index (χ3v) is 7.90. The van der Waals surface area contributed by atoms with E-state index in [2.05, 4.69) is 34.3 Å². The lowest BCUT2D eigenvalue weighted by Gasteiger charge is -2.38. The van der Waals surface area contributed by atoms with Crippen LogP contribution in [0.1, 0.15) is 82.2 Å². The number of aromatic nitrogens is 2. The lowest BCUT2D eigenvalue weighted by molar-refractivity contribution is -0.134. The molecule has 2 saturated heterocycles. The molecule has 2 aliphatic heterocycles. The molecule has 1 amide bonds. The van der Waals surface area contributed by atoms with E-state index in [9.17, 15) is 4.79 Å². The Morgan fingerprint density at radius 1 is 1.29 bits per heavy atom. The fourth-order valence-electron chi connectivity index (χ4n) is 5.91. The zero-order chi connectivity index (χ0) is 19.9. The maximum atomic E-state index is 13.6. The standard InChI is InChI=1S/C23H38N4O/c1-15(2)10-11-23(22(28)24-13-20-16(3)25-26-17(20)4)12-19-8-9-21(23)27(19)14-18-6-5-7-18/h15,18-19,21H,5-14H2,1-4H3,(H,24,28)(H,25,26)/t19-,21+,23+/m1/s1. The Labute approximate surface area is 170 Å². The molecular weight excluding hydrogens is 348 g/mol. The highest BCUT2D eigenvalue weighted by atomic mass is 16.2. The fourth-order valence-corrected chi connectivity index (χ4v) is 5.91. The number of carbonyl (C=O) groups is 1. The van der Waals surface area contributed by atoms with Crippen LogP contribution in [0.5, 0.6) is 0 Å². The number of aryl methyl sites for hydroxylation is 2. The van der Waals surface area contributed by atoms with Gasteiger partial charge in [-0.15, -0.1) is 0 Å². The second kappa shape index (κ2) is 7.81. The van der Waals surface area contributed by atoms with E-state index in [1.807, 2.05) is 13.8 Å². The first-order chi connectivity index (χ1) is 13.4. The van der Waals surface area contributed by atoms with E-state index >= 15 is 0 Å². The van der Waals surface area contributed by atoms with E-state index < -0.39 is 0 Å². The van der Waals surface area contributed by atoms with Gasteiger partial charge < -0.3 is 5.32 Å². The van der Waals surface area contributed by atoms with Crippen LogP contribution < -0.4 is 5.32 Å². The molecule has 0 aromatic carbocycles. The Morgan fingerprint density at radius 3 is 2.68 bits per heavy atom. The maximum Gasteiger partial charge on any atom is 0.228 e. The highest BCUT2D eigenvalue weighted by molar-refractivity contribution is 5.84. The van der Waals surface area contributed by atoms with Crippen LogP contribution in [0.15, 0.2) is 0 Å². The third-order valence-electron chi connectivity index (χ3n) is 7.90. The molecule has 1 aliphatic carbocycles. The van der Waals surface area contributed by atoms with Gasteiger partial charge in [0.15, 0.2) is 0 Å².